The van der Waals surface area contributed by atoms with E-state index in [9.17, 15) is 9.90 Å². The third kappa shape index (κ3) is 4.79. The molecule has 4 fully saturated rings. The maximum absolute atomic E-state index is 11.7. The summed E-state index contributed by atoms with van der Waals surface area (Å²) in [6.07, 6.45) is 9.38. The fourth-order valence-corrected chi connectivity index (χ4v) is 6.76. The van der Waals surface area contributed by atoms with Crippen molar-refractivity contribution in [3.8, 4) is 11.5 Å². The summed E-state index contributed by atoms with van der Waals surface area (Å²) in [5.74, 6) is 3.94. The minimum atomic E-state index is -0.456. The normalized spacial score (nSPS) is 24.6. The van der Waals surface area contributed by atoms with Crippen molar-refractivity contribution in [2.45, 2.75) is 38.7 Å². The van der Waals surface area contributed by atoms with Gasteiger partial charge in [-0.2, -0.15) is 0 Å². The van der Waals surface area contributed by atoms with Crippen molar-refractivity contribution in [1.29, 1.82) is 0 Å². The van der Waals surface area contributed by atoms with Crippen LogP contribution in [-0.4, -0.2) is 25.3 Å². The molecule has 1 N–H and O–H groups in total. The number of benzene rings is 2. The van der Waals surface area contributed by atoms with Crippen LogP contribution in [0.5, 0.6) is 11.5 Å². The fourth-order valence-electron chi connectivity index (χ4n) is 6.44. The summed E-state index contributed by atoms with van der Waals surface area (Å²) in [5, 5.41) is 10.0. The summed E-state index contributed by atoms with van der Waals surface area (Å²) >= 11 is 7.01. The molecule has 4 saturated carbocycles. The quantitative estimate of drug-likeness (QED) is 0.266. The molecule has 4 aliphatic carbocycles. The lowest BCUT2D eigenvalue weighted by atomic mass is 9.54. The Hall–Kier alpha value is -2.92. The zero-order valence-electron chi connectivity index (χ0n) is 20.1. The van der Waals surface area contributed by atoms with E-state index < -0.39 is 5.97 Å². The Bertz CT molecular complexity index is 1130. The van der Waals surface area contributed by atoms with E-state index in [2.05, 4.69) is 0 Å². The van der Waals surface area contributed by atoms with Gasteiger partial charge in [0.05, 0.1) is 19.2 Å². The number of carbonyl (C=O) groups is 1. The minimum absolute atomic E-state index is 0.197. The lowest BCUT2D eigenvalue weighted by Gasteiger charge is -2.51. The molecule has 4 aliphatic rings. The first-order valence-electron chi connectivity index (χ1n) is 12.2. The summed E-state index contributed by atoms with van der Waals surface area (Å²) in [5.41, 5.74) is 3.81. The number of hydrogen-bond donors (Lipinski definition) is 1. The maximum Gasteiger partial charge on any atom is 0.330 e. The van der Waals surface area contributed by atoms with E-state index in [0.29, 0.717) is 28.2 Å². The van der Waals surface area contributed by atoms with E-state index in [1.165, 1.54) is 50.9 Å². The zero-order valence-corrected chi connectivity index (χ0v) is 20.9. The van der Waals surface area contributed by atoms with Crippen LogP contribution >= 0.6 is 11.6 Å². The molecular weight excluding hydrogens is 464 g/mol. The average Bonchev–Trinajstić information content (AvgIpc) is 2.85. The van der Waals surface area contributed by atoms with Crippen LogP contribution in [-0.2, 0) is 20.9 Å². The number of phenolic OH excluding ortho intramolecular Hbond substituents is 1. The molecule has 184 valence electrons. The van der Waals surface area contributed by atoms with Gasteiger partial charge in [0, 0.05) is 17.2 Å². The van der Waals surface area contributed by atoms with E-state index in [4.69, 9.17) is 25.8 Å². The lowest BCUT2D eigenvalue weighted by Crippen LogP contribution is -2.40. The molecule has 0 atom stereocenters. The monoisotopic (exact) mass is 494 g/mol. The highest BCUT2D eigenvalue weighted by atomic mass is 35.5. The molecule has 5 nitrogen and oxygen atoms in total. The van der Waals surface area contributed by atoms with Gasteiger partial charge < -0.3 is 19.3 Å². The van der Waals surface area contributed by atoms with Crippen molar-refractivity contribution in [2.75, 3.05) is 14.2 Å². The van der Waals surface area contributed by atoms with E-state index in [1.807, 2.05) is 12.1 Å². The second-order valence-electron chi connectivity index (χ2n) is 9.95. The maximum atomic E-state index is 11.7. The number of methoxy groups -OCH3 is 2. The third-order valence-electron chi connectivity index (χ3n) is 7.78. The highest BCUT2D eigenvalue weighted by Gasteiger charge is 2.47. The molecule has 35 heavy (non-hydrogen) atoms. The average molecular weight is 495 g/mol. The molecule has 6 heteroatoms. The number of carbonyl (C=O) groups excluding carboxylic acids is 1. The molecular formula is C29H31ClO5. The first-order chi connectivity index (χ1) is 17.0. The van der Waals surface area contributed by atoms with Gasteiger partial charge in [0.15, 0.2) is 0 Å². The third-order valence-corrected chi connectivity index (χ3v) is 8.15. The Kier molecular flexibility index (Phi) is 6.79. The van der Waals surface area contributed by atoms with Crippen LogP contribution in [0.2, 0.25) is 5.02 Å². The molecule has 0 radical (unpaired) electrons. The van der Waals surface area contributed by atoms with Crippen molar-refractivity contribution in [3.63, 3.8) is 0 Å². The number of hydrogen-bond acceptors (Lipinski definition) is 5. The van der Waals surface area contributed by atoms with Crippen molar-refractivity contribution < 1.29 is 24.1 Å². The summed E-state index contributed by atoms with van der Waals surface area (Å²) in [6.45, 7) is 0.260. The number of ether oxygens (including phenoxy) is 3. The molecule has 0 spiro atoms. The summed E-state index contributed by atoms with van der Waals surface area (Å²) < 4.78 is 17.0. The van der Waals surface area contributed by atoms with E-state index in [1.54, 1.807) is 37.5 Å². The molecule has 6 rings (SSSR count). The Labute approximate surface area is 211 Å². The zero-order chi connectivity index (χ0) is 24.5. The highest BCUT2D eigenvalue weighted by Crippen LogP contribution is 2.58. The Morgan fingerprint density at radius 3 is 2.23 bits per heavy atom. The number of aromatic hydroxyl groups is 1. The van der Waals surface area contributed by atoms with Crippen molar-refractivity contribution in [3.05, 3.63) is 69.8 Å². The van der Waals surface area contributed by atoms with Crippen LogP contribution in [0.1, 0.15) is 48.8 Å². The lowest BCUT2D eigenvalue weighted by molar-refractivity contribution is -0.134. The van der Waals surface area contributed by atoms with Gasteiger partial charge in [0.25, 0.3) is 0 Å². The Morgan fingerprint density at radius 2 is 1.63 bits per heavy atom. The van der Waals surface area contributed by atoms with Crippen molar-refractivity contribution in [1.82, 2.24) is 0 Å². The smallest absolute Gasteiger partial charge is 0.330 e. The number of halogens is 1. The molecule has 0 amide bonds. The van der Waals surface area contributed by atoms with Crippen LogP contribution in [0.4, 0.5) is 0 Å². The van der Waals surface area contributed by atoms with Gasteiger partial charge in [-0.25, -0.2) is 4.79 Å². The Balaban J connectivity index is 1.53. The van der Waals surface area contributed by atoms with Crippen LogP contribution in [0.15, 0.2) is 48.0 Å². The number of allylic oxidation sites excluding steroid dienone is 1. The summed E-state index contributed by atoms with van der Waals surface area (Å²) in [7, 11) is 3.07. The molecule has 4 bridgehead atoms. The second-order valence-corrected chi connectivity index (χ2v) is 10.3. The first-order valence-corrected chi connectivity index (χ1v) is 12.6. The van der Waals surface area contributed by atoms with Gasteiger partial charge in [0.2, 0.25) is 0 Å². The minimum Gasteiger partial charge on any atom is -0.508 e. The van der Waals surface area contributed by atoms with E-state index >= 15 is 0 Å². The summed E-state index contributed by atoms with van der Waals surface area (Å²) in [4.78, 5) is 11.7. The van der Waals surface area contributed by atoms with E-state index in [-0.39, 0.29) is 12.4 Å². The molecule has 0 aliphatic heterocycles. The topological polar surface area (TPSA) is 65.0 Å². The number of rotatable bonds is 7. The predicted molar refractivity (Wildman–Crippen MR) is 136 cm³/mol. The largest absolute Gasteiger partial charge is 0.508 e. The molecule has 0 unspecified atom stereocenters. The van der Waals surface area contributed by atoms with Gasteiger partial charge in [-0.1, -0.05) is 29.8 Å². The van der Waals surface area contributed by atoms with Crippen LogP contribution < -0.4 is 4.74 Å². The molecule has 0 heterocycles. The highest BCUT2D eigenvalue weighted by molar-refractivity contribution is 6.34. The van der Waals surface area contributed by atoms with Gasteiger partial charge in [-0.15, -0.1) is 0 Å². The predicted octanol–water partition coefficient (Wildman–Crippen LogP) is 6.62. The summed E-state index contributed by atoms with van der Waals surface area (Å²) in [6, 6.07) is 10.7. The first kappa shape index (κ1) is 23.8. The molecule has 0 aromatic heterocycles. The second kappa shape index (κ2) is 9.98. The Morgan fingerprint density at radius 1 is 0.971 bits per heavy atom. The standard InChI is InChI=1S/C29H31ClO5/c1-33-25(32)10-6-20-5-9-24(27(30)28(20)35-16-17-3-7-23(31)8-4-17)29(34-2)26-21-12-18-11-19(14-21)15-22(26)13-18/h3-10,18-19,21-22,31H,11-16H2,1-2H3/b10-6+,29-26?. The van der Waals surface area contributed by atoms with Crippen LogP contribution in [0.25, 0.3) is 11.8 Å². The van der Waals surface area contributed by atoms with Crippen molar-refractivity contribution in [2.24, 2.45) is 23.7 Å². The SMILES string of the molecule is COC(=O)/C=C/c1ccc(C(OC)=C2C3CC4CC(C3)CC2C4)c(Cl)c1OCc1ccc(O)cc1. The van der Waals surface area contributed by atoms with Crippen LogP contribution in [0.3, 0.4) is 0 Å². The van der Waals surface area contributed by atoms with Crippen molar-refractivity contribution >= 4 is 29.4 Å². The van der Waals surface area contributed by atoms with Gasteiger partial charge in [0.1, 0.15) is 23.9 Å². The number of esters is 1. The van der Waals surface area contributed by atoms with Gasteiger partial charge >= 0.3 is 5.97 Å². The number of phenols is 1. The van der Waals surface area contributed by atoms with Crippen LogP contribution in [0, 0.1) is 23.7 Å². The molecule has 2 aromatic rings. The van der Waals surface area contributed by atoms with Gasteiger partial charge in [-0.05, 0) is 91.2 Å². The fraction of sp³-hybridized carbons (Fsp3) is 0.414. The molecule has 0 saturated heterocycles. The van der Waals surface area contributed by atoms with Gasteiger partial charge in [-0.3, -0.25) is 0 Å². The molecule has 2 aromatic carbocycles. The van der Waals surface area contributed by atoms with E-state index in [0.717, 1.165) is 28.7 Å².